The Kier molecular flexibility index (Phi) is 4.40. The van der Waals surface area contributed by atoms with E-state index < -0.39 is 0 Å². The fraction of sp³-hybridized carbons (Fsp3) is 1.00. The van der Waals surface area contributed by atoms with Crippen LogP contribution in [0.25, 0.3) is 0 Å². The van der Waals surface area contributed by atoms with Crippen molar-refractivity contribution in [2.45, 2.75) is 91.3 Å². The molecule has 8 atom stereocenters. The van der Waals surface area contributed by atoms with Crippen LogP contribution in [0.4, 0.5) is 0 Å². The van der Waals surface area contributed by atoms with Gasteiger partial charge in [-0.05, 0) is 85.9 Å². The van der Waals surface area contributed by atoms with E-state index in [-0.39, 0.29) is 17.6 Å². The summed E-state index contributed by atoms with van der Waals surface area (Å²) >= 11 is 0. The molecule has 22 heavy (non-hydrogen) atoms. The van der Waals surface area contributed by atoms with E-state index in [1.165, 1.54) is 25.7 Å². The summed E-state index contributed by atoms with van der Waals surface area (Å²) in [6.45, 7) is 9.57. The normalized spacial score (nSPS) is 55.9. The Bertz CT molecular complexity index is 409. The summed E-state index contributed by atoms with van der Waals surface area (Å²) in [5.74, 6) is 2.88. The van der Waals surface area contributed by atoms with Gasteiger partial charge < -0.3 is 10.2 Å². The minimum atomic E-state index is -0.103. The third kappa shape index (κ3) is 2.36. The van der Waals surface area contributed by atoms with Gasteiger partial charge in [0.15, 0.2) is 0 Å². The number of aliphatic hydroxyl groups excluding tert-OH is 2. The van der Waals surface area contributed by atoms with Gasteiger partial charge in [0, 0.05) is 0 Å². The highest BCUT2D eigenvalue weighted by molar-refractivity contribution is 5.04. The SMILES string of the molecule is CC[C@]1(C)C(O)CCC1C1CCC2CC(O)CC[C@]2(C)C1C. The Labute approximate surface area is 136 Å². The van der Waals surface area contributed by atoms with Gasteiger partial charge in [0.1, 0.15) is 0 Å². The monoisotopic (exact) mass is 308 g/mol. The predicted octanol–water partition coefficient (Wildman–Crippen LogP) is 4.39. The molecule has 2 N–H and O–H groups in total. The van der Waals surface area contributed by atoms with Gasteiger partial charge >= 0.3 is 0 Å². The molecule has 0 spiro atoms. The Morgan fingerprint density at radius 1 is 1.00 bits per heavy atom. The summed E-state index contributed by atoms with van der Waals surface area (Å²) in [7, 11) is 0. The average molecular weight is 309 g/mol. The lowest BCUT2D eigenvalue weighted by Gasteiger charge is -2.56. The van der Waals surface area contributed by atoms with Crippen LogP contribution >= 0.6 is 0 Å². The molecule has 0 heterocycles. The van der Waals surface area contributed by atoms with Crippen LogP contribution in [-0.4, -0.2) is 22.4 Å². The van der Waals surface area contributed by atoms with Crippen LogP contribution in [0.1, 0.15) is 79.1 Å². The van der Waals surface area contributed by atoms with Crippen molar-refractivity contribution in [3.63, 3.8) is 0 Å². The highest BCUT2D eigenvalue weighted by atomic mass is 16.3. The Morgan fingerprint density at radius 2 is 1.73 bits per heavy atom. The summed E-state index contributed by atoms with van der Waals surface area (Å²) < 4.78 is 0. The molecule has 2 nitrogen and oxygen atoms in total. The maximum absolute atomic E-state index is 10.5. The van der Waals surface area contributed by atoms with Crippen LogP contribution in [0.15, 0.2) is 0 Å². The number of rotatable bonds is 2. The Hall–Kier alpha value is -0.0800. The van der Waals surface area contributed by atoms with Crippen LogP contribution < -0.4 is 0 Å². The van der Waals surface area contributed by atoms with Gasteiger partial charge in [0.2, 0.25) is 0 Å². The molecule has 3 rings (SSSR count). The van der Waals surface area contributed by atoms with Crippen molar-refractivity contribution in [1.82, 2.24) is 0 Å². The molecule has 0 bridgehead atoms. The molecular weight excluding hydrogens is 272 g/mol. The molecular formula is C20H36O2. The molecule has 0 radical (unpaired) electrons. The topological polar surface area (TPSA) is 40.5 Å². The first-order chi connectivity index (χ1) is 10.3. The summed E-state index contributed by atoms with van der Waals surface area (Å²) in [6, 6.07) is 0. The second-order valence-corrected chi connectivity index (χ2v) is 9.22. The van der Waals surface area contributed by atoms with E-state index >= 15 is 0 Å². The molecule has 0 aromatic carbocycles. The summed E-state index contributed by atoms with van der Waals surface area (Å²) in [6.07, 6.45) is 8.94. The van der Waals surface area contributed by atoms with Crippen LogP contribution in [0, 0.1) is 34.5 Å². The van der Waals surface area contributed by atoms with Gasteiger partial charge in [-0.2, -0.15) is 0 Å². The molecule has 0 aromatic heterocycles. The van der Waals surface area contributed by atoms with E-state index in [0.717, 1.165) is 37.5 Å². The van der Waals surface area contributed by atoms with E-state index in [9.17, 15) is 10.2 Å². The quantitative estimate of drug-likeness (QED) is 0.794. The lowest BCUT2D eigenvalue weighted by Crippen LogP contribution is -2.50. The van der Waals surface area contributed by atoms with E-state index in [1.807, 2.05) is 0 Å². The highest BCUT2D eigenvalue weighted by Gasteiger charge is 2.55. The molecule has 128 valence electrons. The summed E-state index contributed by atoms with van der Waals surface area (Å²) in [4.78, 5) is 0. The fourth-order valence-electron chi connectivity index (χ4n) is 6.57. The van der Waals surface area contributed by atoms with Crippen molar-refractivity contribution in [1.29, 1.82) is 0 Å². The number of hydrogen-bond donors (Lipinski definition) is 2. The smallest absolute Gasteiger partial charge is 0.0596 e. The van der Waals surface area contributed by atoms with Gasteiger partial charge in [0.25, 0.3) is 0 Å². The number of hydrogen-bond acceptors (Lipinski definition) is 2. The minimum Gasteiger partial charge on any atom is -0.393 e. The van der Waals surface area contributed by atoms with Gasteiger partial charge in [-0.1, -0.05) is 27.7 Å². The summed E-state index contributed by atoms with van der Waals surface area (Å²) in [5.41, 5.74) is 0.528. The Morgan fingerprint density at radius 3 is 2.41 bits per heavy atom. The second-order valence-electron chi connectivity index (χ2n) is 9.22. The van der Waals surface area contributed by atoms with E-state index in [0.29, 0.717) is 17.3 Å². The van der Waals surface area contributed by atoms with Crippen LogP contribution in [0.3, 0.4) is 0 Å². The van der Waals surface area contributed by atoms with Gasteiger partial charge in [0.05, 0.1) is 12.2 Å². The molecule has 3 fully saturated rings. The third-order valence-electron chi connectivity index (χ3n) is 8.67. The van der Waals surface area contributed by atoms with E-state index in [1.54, 1.807) is 0 Å². The van der Waals surface area contributed by atoms with Crippen molar-refractivity contribution >= 4 is 0 Å². The third-order valence-corrected chi connectivity index (χ3v) is 8.67. The summed E-state index contributed by atoms with van der Waals surface area (Å²) in [5, 5.41) is 20.6. The molecule has 3 saturated carbocycles. The van der Waals surface area contributed by atoms with Crippen molar-refractivity contribution < 1.29 is 10.2 Å². The number of aliphatic hydroxyl groups is 2. The van der Waals surface area contributed by atoms with Crippen LogP contribution in [0.2, 0.25) is 0 Å². The van der Waals surface area contributed by atoms with Crippen molar-refractivity contribution in [3.8, 4) is 0 Å². The first kappa shape index (κ1) is 16.8. The van der Waals surface area contributed by atoms with E-state index in [4.69, 9.17) is 0 Å². The minimum absolute atomic E-state index is 0.0592. The lowest BCUT2D eigenvalue weighted by atomic mass is 9.49. The van der Waals surface area contributed by atoms with E-state index in [2.05, 4.69) is 27.7 Å². The zero-order valence-corrected chi connectivity index (χ0v) is 15.0. The lowest BCUT2D eigenvalue weighted by molar-refractivity contribution is -0.0952. The second kappa shape index (κ2) is 5.77. The zero-order valence-electron chi connectivity index (χ0n) is 15.0. The molecule has 0 aromatic rings. The first-order valence-electron chi connectivity index (χ1n) is 9.69. The zero-order chi connectivity index (χ0) is 16.1. The largest absolute Gasteiger partial charge is 0.393 e. The molecule has 3 aliphatic carbocycles. The van der Waals surface area contributed by atoms with Crippen molar-refractivity contribution in [3.05, 3.63) is 0 Å². The standard InChI is InChI=1S/C20H36O2/c1-5-19(3)17(8-9-18(19)22)16-7-6-14-12-15(21)10-11-20(14,4)13(16)2/h13-18,21-22H,5-12H2,1-4H3/t13?,14?,15?,16?,17?,18?,19-,20+/m0/s1. The average Bonchev–Trinajstić information content (AvgIpc) is 2.79. The fourth-order valence-corrected chi connectivity index (χ4v) is 6.57. The predicted molar refractivity (Wildman–Crippen MR) is 90.5 cm³/mol. The maximum Gasteiger partial charge on any atom is 0.0596 e. The number of fused-ring (bicyclic) bond motifs is 1. The molecule has 0 saturated heterocycles. The molecule has 0 amide bonds. The van der Waals surface area contributed by atoms with Gasteiger partial charge in [-0.15, -0.1) is 0 Å². The Balaban J connectivity index is 1.82. The molecule has 3 aliphatic rings. The molecule has 6 unspecified atom stereocenters. The van der Waals surface area contributed by atoms with Crippen LogP contribution in [0.5, 0.6) is 0 Å². The maximum atomic E-state index is 10.5. The van der Waals surface area contributed by atoms with Crippen molar-refractivity contribution in [2.24, 2.45) is 34.5 Å². The van der Waals surface area contributed by atoms with Gasteiger partial charge in [-0.3, -0.25) is 0 Å². The first-order valence-corrected chi connectivity index (χ1v) is 9.69. The van der Waals surface area contributed by atoms with Crippen LogP contribution in [-0.2, 0) is 0 Å². The highest BCUT2D eigenvalue weighted by Crippen LogP contribution is 2.61. The van der Waals surface area contributed by atoms with Gasteiger partial charge in [-0.25, -0.2) is 0 Å². The van der Waals surface area contributed by atoms with Crippen molar-refractivity contribution in [2.75, 3.05) is 0 Å². The molecule has 0 aliphatic heterocycles. The molecule has 2 heteroatoms.